The van der Waals surface area contributed by atoms with Crippen LogP contribution in [0.15, 0.2) is 0 Å². The van der Waals surface area contributed by atoms with Gasteiger partial charge in [-0.3, -0.25) is 9.59 Å². The van der Waals surface area contributed by atoms with Gasteiger partial charge in [0, 0.05) is 40.3 Å². The van der Waals surface area contributed by atoms with E-state index in [1.54, 1.807) is 16.9 Å². The van der Waals surface area contributed by atoms with Gasteiger partial charge in [0.1, 0.15) is 0 Å². The highest BCUT2D eigenvalue weighted by molar-refractivity contribution is 5.83. The largest absolute Gasteiger partial charge is 0.385 e. The second-order valence-corrected chi connectivity index (χ2v) is 4.28. The number of nitrogens with zero attached hydrogens (tertiary/aromatic N) is 2. The number of morpholine rings is 1. The molecule has 0 aromatic heterocycles. The number of carbonyl (C=O) groups excluding carboxylic acids is 2. The summed E-state index contributed by atoms with van der Waals surface area (Å²) in [6.07, 6.45) is 0.743. The number of hydrogen-bond acceptors (Lipinski definition) is 4. The van der Waals surface area contributed by atoms with Crippen molar-refractivity contribution in [3.05, 3.63) is 0 Å². The molecule has 0 saturated carbocycles. The predicted molar refractivity (Wildman–Crippen MR) is 66.1 cm³/mol. The molecule has 0 radical (unpaired) electrons. The quantitative estimate of drug-likeness (QED) is 0.615. The highest BCUT2D eigenvalue weighted by atomic mass is 16.5. The van der Waals surface area contributed by atoms with Gasteiger partial charge < -0.3 is 19.3 Å². The third-order valence-corrected chi connectivity index (χ3v) is 2.91. The second-order valence-electron chi connectivity index (χ2n) is 4.28. The van der Waals surface area contributed by atoms with Crippen LogP contribution >= 0.6 is 0 Å². The zero-order chi connectivity index (χ0) is 13.4. The summed E-state index contributed by atoms with van der Waals surface area (Å²) >= 11 is 0. The van der Waals surface area contributed by atoms with Crippen LogP contribution in [0.5, 0.6) is 0 Å². The Kier molecular flexibility index (Phi) is 6.67. The van der Waals surface area contributed by atoms with Gasteiger partial charge in [0.25, 0.3) is 0 Å². The van der Waals surface area contributed by atoms with Crippen molar-refractivity contribution in [2.24, 2.45) is 0 Å². The van der Waals surface area contributed by atoms with Gasteiger partial charge in [-0.15, -0.1) is 0 Å². The highest BCUT2D eigenvalue weighted by Crippen LogP contribution is 2.01. The van der Waals surface area contributed by atoms with Gasteiger partial charge in [0.2, 0.25) is 11.8 Å². The Labute approximate surface area is 108 Å². The number of carbonyl (C=O) groups is 2. The Morgan fingerprint density at radius 2 is 2.00 bits per heavy atom. The van der Waals surface area contributed by atoms with Crippen molar-refractivity contribution in [1.29, 1.82) is 0 Å². The van der Waals surface area contributed by atoms with Crippen LogP contribution in [-0.4, -0.2) is 74.7 Å². The molecular formula is C12H22N2O4. The highest BCUT2D eigenvalue weighted by Gasteiger charge is 2.20. The SMILES string of the molecule is COCCCN(CC(=O)N1CCOCC1)C(C)=O. The lowest BCUT2D eigenvalue weighted by Crippen LogP contribution is -2.47. The molecule has 1 saturated heterocycles. The van der Waals surface area contributed by atoms with Crippen LogP contribution < -0.4 is 0 Å². The Hall–Kier alpha value is -1.14. The summed E-state index contributed by atoms with van der Waals surface area (Å²) in [6.45, 7) is 5.17. The molecule has 0 spiro atoms. The van der Waals surface area contributed by atoms with E-state index in [9.17, 15) is 9.59 Å². The zero-order valence-corrected chi connectivity index (χ0v) is 11.2. The van der Waals surface area contributed by atoms with Crippen LogP contribution in [0, 0.1) is 0 Å². The van der Waals surface area contributed by atoms with Crippen molar-refractivity contribution in [3.8, 4) is 0 Å². The normalized spacial score (nSPS) is 15.6. The summed E-state index contributed by atoms with van der Waals surface area (Å²) in [4.78, 5) is 26.7. The Morgan fingerprint density at radius 1 is 1.33 bits per heavy atom. The molecule has 6 nitrogen and oxygen atoms in total. The van der Waals surface area contributed by atoms with Crippen LogP contribution in [-0.2, 0) is 19.1 Å². The zero-order valence-electron chi connectivity index (χ0n) is 11.2. The first-order valence-corrected chi connectivity index (χ1v) is 6.25. The fourth-order valence-corrected chi connectivity index (χ4v) is 1.82. The summed E-state index contributed by atoms with van der Waals surface area (Å²) in [6, 6.07) is 0. The Morgan fingerprint density at radius 3 is 2.56 bits per heavy atom. The number of amides is 2. The molecule has 0 N–H and O–H groups in total. The molecule has 18 heavy (non-hydrogen) atoms. The van der Waals surface area contributed by atoms with E-state index in [0.717, 1.165) is 6.42 Å². The fraction of sp³-hybridized carbons (Fsp3) is 0.833. The average molecular weight is 258 g/mol. The first-order valence-electron chi connectivity index (χ1n) is 6.25. The van der Waals surface area contributed by atoms with Crippen molar-refractivity contribution in [2.75, 3.05) is 53.1 Å². The standard InChI is InChI=1S/C12H22N2O4/c1-11(15)14(4-3-7-17-2)10-12(16)13-5-8-18-9-6-13/h3-10H2,1-2H3. The summed E-state index contributed by atoms with van der Waals surface area (Å²) in [7, 11) is 1.62. The lowest BCUT2D eigenvalue weighted by molar-refractivity contribution is -0.142. The van der Waals surface area contributed by atoms with Gasteiger partial charge in [0.05, 0.1) is 19.8 Å². The second kappa shape index (κ2) is 8.05. The Bertz CT molecular complexity index is 277. The van der Waals surface area contributed by atoms with E-state index in [1.165, 1.54) is 6.92 Å². The van der Waals surface area contributed by atoms with Crippen LogP contribution in [0.1, 0.15) is 13.3 Å². The summed E-state index contributed by atoms with van der Waals surface area (Å²) in [5.41, 5.74) is 0. The molecule has 104 valence electrons. The molecule has 1 aliphatic heterocycles. The molecule has 0 aromatic carbocycles. The molecule has 6 heteroatoms. The van der Waals surface area contributed by atoms with E-state index < -0.39 is 0 Å². The third kappa shape index (κ3) is 5.01. The molecule has 1 aliphatic rings. The van der Waals surface area contributed by atoms with Crippen molar-refractivity contribution in [3.63, 3.8) is 0 Å². The molecular weight excluding hydrogens is 236 g/mol. The minimum absolute atomic E-state index is 0.00841. The topological polar surface area (TPSA) is 59.1 Å². The number of methoxy groups -OCH3 is 1. The van der Waals surface area contributed by atoms with Crippen LogP contribution in [0.25, 0.3) is 0 Å². The molecule has 0 atom stereocenters. The average Bonchev–Trinajstić information content (AvgIpc) is 2.38. The molecule has 1 rings (SSSR count). The smallest absolute Gasteiger partial charge is 0.242 e. The van der Waals surface area contributed by atoms with E-state index in [1.807, 2.05) is 0 Å². The maximum atomic E-state index is 12.0. The molecule has 1 heterocycles. The predicted octanol–water partition coefficient (Wildman–Crippen LogP) is -0.270. The van der Waals surface area contributed by atoms with Crippen LogP contribution in [0.4, 0.5) is 0 Å². The van der Waals surface area contributed by atoms with Crippen molar-refractivity contribution >= 4 is 11.8 Å². The first kappa shape index (κ1) is 14.9. The van der Waals surface area contributed by atoms with Gasteiger partial charge in [-0.1, -0.05) is 0 Å². The minimum Gasteiger partial charge on any atom is -0.385 e. The third-order valence-electron chi connectivity index (χ3n) is 2.91. The number of rotatable bonds is 6. The lowest BCUT2D eigenvalue weighted by atomic mass is 10.3. The number of ether oxygens (including phenoxy) is 2. The van der Waals surface area contributed by atoms with Gasteiger partial charge in [-0.2, -0.15) is 0 Å². The molecule has 2 amide bonds. The first-order chi connectivity index (χ1) is 8.65. The summed E-state index contributed by atoms with van der Waals surface area (Å²) < 4.78 is 10.1. The van der Waals surface area contributed by atoms with Crippen molar-refractivity contribution in [1.82, 2.24) is 9.80 Å². The molecule has 0 unspecified atom stereocenters. The van der Waals surface area contributed by atoms with Gasteiger partial charge in [-0.25, -0.2) is 0 Å². The minimum atomic E-state index is -0.0762. The lowest BCUT2D eigenvalue weighted by Gasteiger charge is -2.29. The maximum Gasteiger partial charge on any atom is 0.242 e. The van der Waals surface area contributed by atoms with Crippen molar-refractivity contribution < 1.29 is 19.1 Å². The summed E-state index contributed by atoms with van der Waals surface area (Å²) in [5.74, 6) is -0.0846. The Balaban J connectivity index is 2.38. The van der Waals surface area contributed by atoms with E-state index in [-0.39, 0.29) is 18.4 Å². The van der Waals surface area contributed by atoms with E-state index in [4.69, 9.17) is 9.47 Å². The molecule has 0 bridgehead atoms. The van der Waals surface area contributed by atoms with E-state index >= 15 is 0 Å². The van der Waals surface area contributed by atoms with E-state index in [0.29, 0.717) is 39.5 Å². The maximum absolute atomic E-state index is 12.0. The number of hydrogen-bond donors (Lipinski definition) is 0. The summed E-state index contributed by atoms with van der Waals surface area (Å²) in [5, 5.41) is 0. The van der Waals surface area contributed by atoms with Crippen molar-refractivity contribution in [2.45, 2.75) is 13.3 Å². The molecule has 0 aliphatic carbocycles. The van der Waals surface area contributed by atoms with Gasteiger partial charge in [0.15, 0.2) is 0 Å². The monoisotopic (exact) mass is 258 g/mol. The van der Waals surface area contributed by atoms with Crippen LogP contribution in [0.3, 0.4) is 0 Å². The van der Waals surface area contributed by atoms with Gasteiger partial charge >= 0.3 is 0 Å². The van der Waals surface area contributed by atoms with Crippen LogP contribution in [0.2, 0.25) is 0 Å². The molecule has 1 fully saturated rings. The molecule has 0 aromatic rings. The fourth-order valence-electron chi connectivity index (χ4n) is 1.82. The van der Waals surface area contributed by atoms with Gasteiger partial charge in [-0.05, 0) is 6.42 Å². The van der Waals surface area contributed by atoms with E-state index in [2.05, 4.69) is 0 Å².